The van der Waals surface area contributed by atoms with E-state index in [0.717, 1.165) is 5.56 Å². The molecule has 0 heterocycles. The molecule has 0 aliphatic heterocycles. The van der Waals surface area contributed by atoms with Crippen molar-refractivity contribution in [3.8, 4) is 0 Å². The molecule has 0 saturated carbocycles. The van der Waals surface area contributed by atoms with Gasteiger partial charge in [-0.2, -0.15) is 0 Å². The summed E-state index contributed by atoms with van der Waals surface area (Å²) in [5.41, 5.74) is 4.75. The molecule has 3 N–H and O–H groups in total. The van der Waals surface area contributed by atoms with Gasteiger partial charge in [0.05, 0.1) is 25.6 Å². The van der Waals surface area contributed by atoms with Crippen LogP contribution in [0.2, 0.25) is 0 Å². The smallest absolute Gasteiger partial charge is 0.365 e. The van der Waals surface area contributed by atoms with E-state index in [0.29, 0.717) is 13.2 Å². The summed E-state index contributed by atoms with van der Waals surface area (Å²) < 4.78 is 9.96. The average Bonchev–Trinajstić information content (AvgIpc) is 2.45. The third kappa shape index (κ3) is 6.14. The van der Waals surface area contributed by atoms with Crippen molar-refractivity contribution < 1.29 is 37.2 Å². The lowest BCUT2D eigenvalue weighted by Gasteiger charge is -2.19. The van der Waals surface area contributed by atoms with Gasteiger partial charge in [-0.15, -0.1) is 0 Å². The summed E-state index contributed by atoms with van der Waals surface area (Å²) in [4.78, 5) is 23.6. The number of halogens is 1. The lowest BCUT2D eigenvalue weighted by Crippen LogP contribution is -3.00. The fourth-order valence-electron chi connectivity index (χ4n) is 2.01. The van der Waals surface area contributed by atoms with Crippen LogP contribution >= 0.6 is 0 Å². The largest absolute Gasteiger partial charge is 1.00 e. The number of rotatable bonds is 7. The molecule has 0 aliphatic rings. The maximum Gasteiger partial charge on any atom is 0.365 e. The number of hydrogen-bond donors (Lipinski definition) is 1. The second-order valence-electron chi connectivity index (χ2n) is 4.38. The Morgan fingerprint density at radius 1 is 1.10 bits per heavy atom. The molecule has 1 rings (SSSR count). The monoisotopic (exact) mass is 315 g/mol. The van der Waals surface area contributed by atoms with Crippen molar-refractivity contribution in [2.45, 2.75) is 32.2 Å². The van der Waals surface area contributed by atoms with Gasteiger partial charge >= 0.3 is 11.9 Å². The Morgan fingerprint density at radius 3 is 2.19 bits per heavy atom. The zero-order valence-corrected chi connectivity index (χ0v) is 13.1. The first-order valence-electron chi connectivity index (χ1n) is 6.80. The van der Waals surface area contributed by atoms with Gasteiger partial charge in [-0.05, 0) is 19.4 Å². The second-order valence-corrected chi connectivity index (χ2v) is 4.38. The molecule has 0 radical (unpaired) electrons. The summed E-state index contributed by atoms with van der Waals surface area (Å²) in [6, 6.07) is 8.73. The van der Waals surface area contributed by atoms with Crippen molar-refractivity contribution in [2.24, 2.45) is 0 Å². The van der Waals surface area contributed by atoms with E-state index < -0.39 is 12.0 Å². The zero-order valence-electron chi connectivity index (χ0n) is 12.4. The van der Waals surface area contributed by atoms with Crippen molar-refractivity contribution in [1.82, 2.24) is 0 Å². The third-order valence-corrected chi connectivity index (χ3v) is 2.99. The van der Waals surface area contributed by atoms with Gasteiger partial charge in [0.1, 0.15) is 0 Å². The maximum absolute atomic E-state index is 11.9. The van der Waals surface area contributed by atoms with E-state index in [1.54, 1.807) is 13.8 Å². The van der Waals surface area contributed by atoms with E-state index in [4.69, 9.17) is 9.47 Å². The van der Waals surface area contributed by atoms with Gasteiger partial charge in [0, 0.05) is 0 Å². The molecule has 118 valence electrons. The highest BCUT2D eigenvalue weighted by atomic mass is 35.5. The number of carbonyl (C=O) groups is 2. The zero-order chi connectivity index (χ0) is 15.0. The third-order valence-electron chi connectivity index (χ3n) is 2.99. The Kier molecular flexibility index (Phi) is 9.41. The first-order valence-corrected chi connectivity index (χ1v) is 6.80. The molecule has 1 aromatic rings. The Balaban J connectivity index is 0.00000400. The first kappa shape index (κ1) is 19.4. The molecule has 0 fully saturated rings. The molecular formula is C15H22ClNO4. The van der Waals surface area contributed by atoms with E-state index in [1.165, 1.54) is 0 Å². The molecule has 2 unspecified atom stereocenters. The van der Waals surface area contributed by atoms with Crippen molar-refractivity contribution in [3.05, 3.63) is 35.9 Å². The molecule has 2 atom stereocenters. The topological polar surface area (TPSA) is 80.2 Å². The molecule has 0 bridgehead atoms. The number of ether oxygens (including phenoxy) is 2. The van der Waals surface area contributed by atoms with Gasteiger partial charge in [0.25, 0.3) is 0 Å². The molecule has 6 heteroatoms. The van der Waals surface area contributed by atoms with Gasteiger partial charge in [-0.25, -0.2) is 4.79 Å². The highest BCUT2D eigenvalue weighted by Gasteiger charge is 2.33. The molecule has 0 aliphatic carbocycles. The van der Waals surface area contributed by atoms with Crippen molar-refractivity contribution in [3.63, 3.8) is 0 Å². The van der Waals surface area contributed by atoms with E-state index in [-0.39, 0.29) is 30.7 Å². The van der Waals surface area contributed by atoms with E-state index >= 15 is 0 Å². The fraction of sp³-hybridized carbons (Fsp3) is 0.467. The SMILES string of the molecule is CCOC(=O)CC(c1ccccc1)C([NH3+])C(=O)OCC.[Cl-]. The minimum absolute atomic E-state index is 0. The molecule has 0 aromatic heterocycles. The van der Waals surface area contributed by atoms with Crippen LogP contribution in [0.1, 0.15) is 31.7 Å². The predicted octanol–water partition coefficient (Wildman–Crippen LogP) is -2.10. The first-order chi connectivity index (χ1) is 9.60. The fourth-order valence-corrected chi connectivity index (χ4v) is 2.01. The van der Waals surface area contributed by atoms with Crippen LogP contribution in [0.15, 0.2) is 30.3 Å². The summed E-state index contributed by atoms with van der Waals surface area (Å²) in [5.74, 6) is -1.07. The van der Waals surface area contributed by atoms with Gasteiger partial charge in [0.2, 0.25) is 0 Å². The van der Waals surface area contributed by atoms with Crippen molar-refractivity contribution in [1.29, 1.82) is 0 Å². The summed E-state index contributed by atoms with van der Waals surface area (Å²) in [7, 11) is 0. The highest BCUT2D eigenvalue weighted by Crippen LogP contribution is 2.23. The summed E-state index contributed by atoms with van der Waals surface area (Å²) in [5, 5.41) is 0. The average molecular weight is 316 g/mol. The van der Waals surface area contributed by atoms with Crippen LogP contribution < -0.4 is 18.1 Å². The number of benzene rings is 1. The van der Waals surface area contributed by atoms with Gasteiger partial charge in [0.15, 0.2) is 6.04 Å². The minimum Gasteiger partial charge on any atom is -1.00 e. The maximum atomic E-state index is 11.9. The van der Waals surface area contributed by atoms with Crippen LogP contribution in [-0.4, -0.2) is 31.2 Å². The van der Waals surface area contributed by atoms with Crippen LogP contribution in [0.3, 0.4) is 0 Å². The van der Waals surface area contributed by atoms with Gasteiger partial charge in [-0.1, -0.05) is 30.3 Å². The number of esters is 2. The summed E-state index contributed by atoms with van der Waals surface area (Å²) in [6.07, 6.45) is 0.116. The number of hydrogen-bond acceptors (Lipinski definition) is 4. The van der Waals surface area contributed by atoms with Crippen LogP contribution in [0.25, 0.3) is 0 Å². The molecule has 0 saturated heterocycles. The Hall–Kier alpha value is -1.59. The minimum atomic E-state index is -0.637. The van der Waals surface area contributed by atoms with Crippen molar-refractivity contribution in [2.75, 3.05) is 13.2 Å². The Labute approximate surface area is 131 Å². The molecule has 0 amide bonds. The summed E-state index contributed by atoms with van der Waals surface area (Å²) >= 11 is 0. The Bertz CT molecular complexity index is 439. The lowest BCUT2D eigenvalue weighted by molar-refractivity contribution is -0.414. The van der Waals surface area contributed by atoms with Crippen molar-refractivity contribution >= 4 is 11.9 Å². The van der Waals surface area contributed by atoms with E-state index in [1.807, 2.05) is 30.3 Å². The molecular weight excluding hydrogens is 294 g/mol. The second kappa shape index (κ2) is 10.2. The molecule has 1 aromatic carbocycles. The number of quaternary nitrogens is 1. The van der Waals surface area contributed by atoms with Crippen LogP contribution in [0.5, 0.6) is 0 Å². The van der Waals surface area contributed by atoms with Gasteiger partial charge in [-0.3, -0.25) is 4.79 Å². The normalized spacial score (nSPS) is 12.7. The lowest BCUT2D eigenvalue weighted by atomic mass is 9.89. The standard InChI is InChI=1S/C15H21NO4.ClH/c1-3-19-13(17)10-12(11-8-6-5-7-9-11)14(16)15(18)20-4-2;/h5-9,12,14H,3-4,10,16H2,1-2H3;1H. The highest BCUT2D eigenvalue weighted by molar-refractivity contribution is 5.78. The van der Waals surface area contributed by atoms with Crippen LogP contribution in [0, 0.1) is 0 Å². The molecule has 0 spiro atoms. The quantitative estimate of drug-likeness (QED) is 0.585. The number of carbonyl (C=O) groups excluding carboxylic acids is 2. The molecule has 21 heavy (non-hydrogen) atoms. The Morgan fingerprint density at radius 2 is 1.67 bits per heavy atom. The summed E-state index contributed by atoms with van der Waals surface area (Å²) in [6.45, 7) is 4.11. The molecule has 5 nitrogen and oxygen atoms in total. The van der Waals surface area contributed by atoms with E-state index in [9.17, 15) is 9.59 Å². The van der Waals surface area contributed by atoms with Gasteiger partial charge < -0.3 is 27.6 Å². The predicted molar refractivity (Wildman–Crippen MR) is 73.7 cm³/mol. The van der Waals surface area contributed by atoms with Crippen LogP contribution in [0.4, 0.5) is 0 Å². The van der Waals surface area contributed by atoms with E-state index in [2.05, 4.69) is 5.73 Å². The van der Waals surface area contributed by atoms with Crippen LogP contribution in [-0.2, 0) is 19.1 Å².